The summed E-state index contributed by atoms with van der Waals surface area (Å²) in [5, 5.41) is 9.97. The molecule has 0 radical (unpaired) electrons. The summed E-state index contributed by atoms with van der Waals surface area (Å²) in [6.45, 7) is 3.71. The third-order valence-corrected chi connectivity index (χ3v) is 3.30. The zero-order valence-corrected chi connectivity index (χ0v) is 12.1. The van der Waals surface area contributed by atoms with Gasteiger partial charge in [0.05, 0.1) is 18.5 Å². The Balaban J connectivity index is 2.71. The van der Waals surface area contributed by atoms with Crippen molar-refractivity contribution in [2.24, 2.45) is 0 Å². The zero-order valence-electron chi connectivity index (χ0n) is 11.3. The van der Waals surface area contributed by atoms with E-state index in [1.807, 2.05) is 30.5 Å². The first kappa shape index (κ1) is 14.1. The van der Waals surface area contributed by atoms with Crippen LogP contribution in [0.2, 0.25) is 0 Å². The zero-order chi connectivity index (χ0) is 14.5. The van der Waals surface area contributed by atoms with Crippen LogP contribution in [0.1, 0.15) is 11.3 Å². The fourth-order valence-electron chi connectivity index (χ4n) is 1.79. The lowest BCUT2D eigenvalue weighted by Gasteiger charge is -2.09. The lowest BCUT2D eigenvalue weighted by atomic mass is 10.0. The molecule has 0 N–H and O–H groups in total. The topological polar surface area (TPSA) is 58.8 Å². The summed E-state index contributed by atoms with van der Waals surface area (Å²) in [5.41, 5.74) is 2.39. The van der Waals surface area contributed by atoms with Gasteiger partial charge in [0.1, 0.15) is 17.4 Å². The molecule has 0 spiro atoms. The fourth-order valence-corrected chi connectivity index (χ4v) is 2.16. The molecule has 0 amide bonds. The summed E-state index contributed by atoms with van der Waals surface area (Å²) < 4.78 is 5.21. The second kappa shape index (κ2) is 6.22. The maximum Gasteiger partial charge on any atom is 0.188 e. The second-order valence-corrected chi connectivity index (χ2v) is 4.64. The highest BCUT2D eigenvalue weighted by molar-refractivity contribution is 7.98. The van der Waals surface area contributed by atoms with Gasteiger partial charge in [0, 0.05) is 5.56 Å². The Morgan fingerprint density at radius 1 is 1.40 bits per heavy atom. The lowest BCUT2D eigenvalue weighted by Crippen LogP contribution is -1.99. The molecule has 0 aliphatic heterocycles. The minimum Gasteiger partial charge on any atom is -0.497 e. The Morgan fingerprint density at radius 2 is 2.20 bits per heavy atom. The number of nitrogens with zero attached hydrogens (tertiary/aromatic N) is 3. The highest BCUT2D eigenvalue weighted by Gasteiger charge is 2.14. The van der Waals surface area contributed by atoms with E-state index in [1.165, 1.54) is 11.8 Å². The summed E-state index contributed by atoms with van der Waals surface area (Å²) in [7, 11) is 1.60. The summed E-state index contributed by atoms with van der Waals surface area (Å²) in [6.07, 6.45) is 3.47. The first-order valence-electron chi connectivity index (χ1n) is 5.86. The molecule has 1 aromatic heterocycles. The SMILES string of the molecule is C=Cc1nc(SC)nc(-c2cccc(OC)c2)c1C#N. The molecule has 2 aromatic rings. The molecule has 0 saturated heterocycles. The molecule has 0 atom stereocenters. The van der Waals surface area contributed by atoms with Gasteiger partial charge in [-0.05, 0) is 24.5 Å². The minimum absolute atomic E-state index is 0.422. The van der Waals surface area contributed by atoms with Gasteiger partial charge in [-0.3, -0.25) is 0 Å². The normalized spacial score (nSPS) is 9.85. The van der Waals surface area contributed by atoms with Gasteiger partial charge in [0.15, 0.2) is 5.16 Å². The lowest BCUT2D eigenvalue weighted by molar-refractivity contribution is 0.415. The fraction of sp³-hybridized carbons (Fsp3) is 0.133. The van der Waals surface area contributed by atoms with E-state index in [4.69, 9.17) is 4.74 Å². The maximum absolute atomic E-state index is 9.37. The van der Waals surface area contributed by atoms with Crippen molar-refractivity contribution in [1.82, 2.24) is 9.97 Å². The van der Waals surface area contributed by atoms with E-state index in [2.05, 4.69) is 22.6 Å². The van der Waals surface area contributed by atoms with Gasteiger partial charge in [0.25, 0.3) is 0 Å². The van der Waals surface area contributed by atoms with Crippen molar-refractivity contribution in [3.05, 3.63) is 42.1 Å². The number of nitriles is 1. The standard InChI is InChI=1S/C15H13N3OS/c1-4-13-12(9-16)14(18-15(17-13)20-3)10-6-5-7-11(8-10)19-2/h4-8H,1H2,2-3H3. The smallest absolute Gasteiger partial charge is 0.188 e. The van der Waals surface area contributed by atoms with Crippen molar-refractivity contribution < 1.29 is 4.74 Å². The van der Waals surface area contributed by atoms with Crippen molar-refractivity contribution in [2.45, 2.75) is 5.16 Å². The predicted octanol–water partition coefficient (Wildman–Crippen LogP) is 3.39. The third kappa shape index (κ3) is 2.65. The quantitative estimate of drug-likeness (QED) is 0.636. The van der Waals surface area contributed by atoms with Gasteiger partial charge >= 0.3 is 0 Å². The summed E-state index contributed by atoms with van der Waals surface area (Å²) in [6, 6.07) is 9.61. The minimum atomic E-state index is 0.422. The molecule has 0 aliphatic carbocycles. The molecule has 0 fully saturated rings. The number of aromatic nitrogens is 2. The molecule has 100 valence electrons. The number of hydrogen-bond donors (Lipinski definition) is 0. The van der Waals surface area contributed by atoms with E-state index in [9.17, 15) is 5.26 Å². The van der Waals surface area contributed by atoms with Crippen molar-refractivity contribution in [3.63, 3.8) is 0 Å². The Bertz CT molecular complexity index is 692. The number of ether oxygens (including phenoxy) is 1. The number of benzene rings is 1. The van der Waals surface area contributed by atoms with Crippen molar-refractivity contribution in [3.8, 4) is 23.1 Å². The van der Waals surface area contributed by atoms with Crippen molar-refractivity contribution in [2.75, 3.05) is 13.4 Å². The Morgan fingerprint density at radius 3 is 2.80 bits per heavy atom. The van der Waals surface area contributed by atoms with Crippen LogP contribution in [0.15, 0.2) is 36.0 Å². The van der Waals surface area contributed by atoms with Gasteiger partial charge in [-0.1, -0.05) is 30.5 Å². The van der Waals surface area contributed by atoms with Crippen LogP contribution < -0.4 is 4.74 Å². The van der Waals surface area contributed by atoms with Crippen molar-refractivity contribution in [1.29, 1.82) is 5.26 Å². The number of methoxy groups -OCH3 is 1. The van der Waals surface area contributed by atoms with Crippen molar-refractivity contribution >= 4 is 17.8 Å². The van der Waals surface area contributed by atoms with E-state index in [-0.39, 0.29) is 0 Å². The van der Waals surface area contributed by atoms with Crippen LogP contribution in [-0.4, -0.2) is 23.3 Å². The third-order valence-electron chi connectivity index (χ3n) is 2.75. The molecule has 5 heteroatoms. The number of rotatable bonds is 4. The summed E-state index contributed by atoms with van der Waals surface area (Å²) in [4.78, 5) is 8.73. The summed E-state index contributed by atoms with van der Waals surface area (Å²) >= 11 is 1.43. The molecule has 20 heavy (non-hydrogen) atoms. The van der Waals surface area contributed by atoms with Crippen LogP contribution in [0.3, 0.4) is 0 Å². The Kier molecular flexibility index (Phi) is 4.38. The van der Waals surface area contributed by atoms with E-state index >= 15 is 0 Å². The summed E-state index contributed by atoms with van der Waals surface area (Å²) in [5.74, 6) is 0.718. The van der Waals surface area contributed by atoms with E-state index in [0.717, 1.165) is 11.3 Å². The molecule has 1 heterocycles. The van der Waals surface area contributed by atoms with Crippen LogP contribution in [0.5, 0.6) is 5.75 Å². The molecule has 0 aliphatic rings. The highest BCUT2D eigenvalue weighted by Crippen LogP contribution is 2.28. The highest BCUT2D eigenvalue weighted by atomic mass is 32.2. The van der Waals surface area contributed by atoms with E-state index in [1.54, 1.807) is 13.2 Å². The van der Waals surface area contributed by atoms with Gasteiger partial charge in [-0.15, -0.1) is 0 Å². The van der Waals surface area contributed by atoms with E-state index in [0.29, 0.717) is 22.1 Å². The molecular formula is C15H13N3OS. The first-order valence-corrected chi connectivity index (χ1v) is 7.09. The molecular weight excluding hydrogens is 270 g/mol. The van der Waals surface area contributed by atoms with Crippen LogP contribution in [0.4, 0.5) is 0 Å². The molecule has 0 bridgehead atoms. The Hall–Kier alpha value is -2.32. The van der Waals surface area contributed by atoms with Gasteiger partial charge < -0.3 is 4.74 Å². The maximum atomic E-state index is 9.37. The average molecular weight is 283 g/mol. The van der Waals surface area contributed by atoms with Gasteiger partial charge in [0.2, 0.25) is 0 Å². The molecule has 4 nitrogen and oxygen atoms in total. The first-order chi connectivity index (χ1) is 9.73. The molecule has 0 unspecified atom stereocenters. The number of thioether (sulfide) groups is 1. The predicted molar refractivity (Wildman–Crippen MR) is 80.6 cm³/mol. The number of hydrogen-bond acceptors (Lipinski definition) is 5. The molecule has 1 aromatic carbocycles. The largest absolute Gasteiger partial charge is 0.497 e. The van der Waals surface area contributed by atoms with Crippen LogP contribution >= 0.6 is 11.8 Å². The molecule has 2 rings (SSSR count). The monoisotopic (exact) mass is 283 g/mol. The van der Waals surface area contributed by atoms with Crippen LogP contribution in [0.25, 0.3) is 17.3 Å². The second-order valence-electron chi connectivity index (χ2n) is 3.87. The molecule has 0 saturated carbocycles. The Labute approximate surface area is 122 Å². The average Bonchev–Trinajstić information content (AvgIpc) is 2.53. The van der Waals surface area contributed by atoms with Crippen LogP contribution in [0, 0.1) is 11.3 Å². The van der Waals surface area contributed by atoms with Crippen LogP contribution in [-0.2, 0) is 0 Å². The van der Waals surface area contributed by atoms with Gasteiger partial charge in [-0.25, -0.2) is 9.97 Å². The van der Waals surface area contributed by atoms with E-state index < -0.39 is 0 Å². The van der Waals surface area contributed by atoms with Gasteiger partial charge in [-0.2, -0.15) is 5.26 Å².